The molecule has 1 aromatic carbocycles. The molecule has 0 bridgehead atoms. The summed E-state index contributed by atoms with van der Waals surface area (Å²) in [5.41, 5.74) is 5.86. The van der Waals surface area contributed by atoms with E-state index >= 15 is 0 Å². The fourth-order valence-electron chi connectivity index (χ4n) is 1.45. The van der Waals surface area contributed by atoms with Crippen molar-refractivity contribution in [1.29, 1.82) is 0 Å². The predicted molar refractivity (Wildman–Crippen MR) is 74.2 cm³/mol. The number of hydrogen-bond acceptors (Lipinski definition) is 4. The number of carbonyl (C=O) groups is 1. The second kappa shape index (κ2) is 6.21. The number of rotatable bonds is 4. The van der Waals surface area contributed by atoms with Crippen LogP contribution in [0.25, 0.3) is 0 Å². The van der Waals surface area contributed by atoms with E-state index in [9.17, 15) is 9.18 Å². The highest BCUT2D eigenvalue weighted by Gasteiger charge is 2.08. The van der Waals surface area contributed by atoms with Gasteiger partial charge in [0.2, 0.25) is 0 Å². The molecule has 0 unspecified atom stereocenters. The van der Waals surface area contributed by atoms with Crippen LogP contribution in [0, 0.1) is 5.82 Å². The van der Waals surface area contributed by atoms with E-state index in [1.54, 1.807) is 0 Å². The van der Waals surface area contributed by atoms with E-state index in [1.165, 1.54) is 36.7 Å². The minimum absolute atomic E-state index is 0.00261. The lowest BCUT2D eigenvalue weighted by atomic mass is 10.2. The molecule has 0 aliphatic carbocycles. The smallest absolute Gasteiger partial charge is 0.262 e. The summed E-state index contributed by atoms with van der Waals surface area (Å²) in [7, 11) is 0. The van der Waals surface area contributed by atoms with Crippen LogP contribution in [0.5, 0.6) is 5.75 Å². The van der Waals surface area contributed by atoms with Gasteiger partial charge >= 0.3 is 0 Å². The number of nitrogens with zero attached hydrogens (tertiary/aromatic N) is 1. The van der Waals surface area contributed by atoms with Gasteiger partial charge in [0, 0.05) is 18.0 Å². The van der Waals surface area contributed by atoms with Gasteiger partial charge in [-0.25, -0.2) is 4.39 Å². The summed E-state index contributed by atoms with van der Waals surface area (Å²) in [6.45, 7) is -0.295. The topological polar surface area (TPSA) is 77.2 Å². The molecule has 1 heterocycles. The number of amides is 1. The van der Waals surface area contributed by atoms with Crippen LogP contribution >= 0.6 is 11.6 Å². The number of nitrogens with one attached hydrogen (secondary N) is 1. The van der Waals surface area contributed by atoms with Gasteiger partial charge in [0.25, 0.3) is 5.91 Å². The van der Waals surface area contributed by atoms with Crippen molar-refractivity contribution in [3.05, 3.63) is 47.5 Å². The van der Waals surface area contributed by atoms with E-state index in [2.05, 4.69) is 10.3 Å². The molecule has 0 radical (unpaired) electrons. The van der Waals surface area contributed by atoms with E-state index in [0.29, 0.717) is 16.5 Å². The number of hydrogen-bond donors (Lipinski definition) is 2. The summed E-state index contributed by atoms with van der Waals surface area (Å²) >= 11 is 5.72. The maximum Gasteiger partial charge on any atom is 0.262 e. The largest absolute Gasteiger partial charge is 0.482 e. The molecule has 5 nitrogen and oxygen atoms in total. The molecule has 0 fully saturated rings. The number of aromatic nitrogens is 1. The molecule has 1 aromatic heterocycles. The molecule has 104 valence electrons. The van der Waals surface area contributed by atoms with Crippen molar-refractivity contribution in [3.8, 4) is 5.75 Å². The Morgan fingerprint density at radius 3 is 2.95 bits per heavy atom. The summed E-state index contributed by atoms with van der Waals surface area (Å²) < 4.78 is 18.6. The summed E-state index contributed by atoms with van der Waals surface area (Å²) in [6, 6.07) is 5.42. The number of benzene rings is 1. The fraction of sp³-hybridized carbons (Fsp3) is 0.0769. The van der Waals surface area contributed by atoms with E-state index < -0.39 is 11.7 Å². The highest BCUT2D eigenvalue weighted by molar-refractivity contribution is 6.30. The van der Waals surface area contributed by atoms with Crippen molar-refractivity contribution >= 4 is 28.9 Å². The number of ether oxygens (including phenoxy) is 1. The Labute approximate surface area is 119 Å². The Hall–Kier alpha value is -2.34. The Kier molecular flexibility index (Phi) is 4.37. The van der Waals surface area contributed by atoms with E-state index in [1.807, 2.05) is 0 Å². The van der Waals surface area contributed by atoms with Crippen molar-refractivity contribution in [2.75, 3.05) is 17.7 Å². The van der Waals surface area contributed by atoms with Gasteiger partial charge in [-0.2, -0.15) is 0 Å². The first-order valence-electron chi connectivity index (χ1n) is 5.63. The number of nitrogens with two attached hydrogens (primary N) is 1. The summed E-state index contributed by atoms with van der Waals surface area (Å²) in [5.74, 6) is -0.743. The van der Waals surface area contributed by atoms with E-state index in [0.717, 1.165) is 0 Å². The van der Waals surface area contributed by atoms with Crippen molar-refractivity contribution in [1.82, 2.24) is 4.98 Å². The van der Waals surface area contributed by atoms with Gasteiger partial charge in [-0.1, -0.05) is 11.6 Å². The van der Waals surface area contributed by atoms with Crippen molar-refractivity contribution in [2.45, 2.75) is 0 Å². The maximum atomic E-state index is 13.4. The van der Waals surface area contributed by atoms with Crippen molar-refractivity contribution < 1.29 is 13.9 Å². The number of anilines is 2. The summed E-state index contributed by atoms with van der Waals surface area (Å²) in [5, 5.41) is 2.76. The van der Waals surface area contributed by atoms with Gasteiger partial charge in [-0.3, -0.25) is 9.78 Å². The van der Waals surface area contributed by atoms with Crippen LogP contribution in [0.15, 0.2) is 36.7 Å². The molecular formula is C13H11ClFN3O2. The zero-order valence-electron chi connectivity index (χ0n) is 10.3. The zero-order chi connectivity index (χ0) is 14.5. The molecule has 7 heteroatoms. The van der Waals surface area contributed by atoms with Crippen molar-refractivity contribution in [3.63, 3.8) is 0 Å². The third kappa shape index (κ3) is 3.83. The number of nitrogen functional groups attached to an aromatic ring is 1. The number of pyridine rings is 1. The minimum atomic E-state index is -0.572. The molecule has 3 N–H and O–H groups in total. The summed E-state index contributed by atoms with van der Waals surface area (Å²) in [6.07, 6.45) is 2.86. The Balaban J connectivity index is 1.94. The minimum Gasteiger partial charge on any atom is -0.482 e. The van der Waals surface area contributed by atoms with Crippen LogP contribution in [0.1, 0.15) is 0 Å². The molecule has 1 amide bonds. The lowest BCUT2D eigenvalue weighted by Crippen LogP contribution is -2.21. The molecular weight excluding hydrogens is 285 g/mol. The van der Waals surface area contributed by atoms with E-state index in [-0.39, 0.29) is 12.3 Å². The predicted octanol–water partition coefficient (Wildman–Crippen LogP) is 2.47. The first-order chi connectivity index (χ1) is 9.54. The Bertz CT molecular complexity index is 637. The van der Waals surface area contributed by atoms with Crippen LogP contribution < -0.4 is 15.8 Å². The van der Waals surface area contributed by atoms with Crippen LogP contribution in [-0.4, -0.2) is 17.5 Å². The third-order valence-electron chi connectivity index (χ3n) is 2.31. The molecule has 2 rings (SSSR count). The van der Waals surface area contributed by atoms with Crippen LogP contribution in [-0.2, 0) is 4.79 Å². The third-order valence-corrected chi connectivity index (χ3v) is 2.52. The normalized spacial score (nSPS) is 10.1. The molecule has 2 aromatic rings. The van der Waals surface area contributed by atoms with Crippen molar-refractivity contribution in [2.24, 2.45) is 0 Å². The number of halogens is 2. The van der Waals surface area contributed by atoms with Gasteiger partial charge in [-0.15, -0.1) is 0 Å². The zero-order valence-corrected chi connectivity index (χ0v) is 11.0. The Morgan fingerprint density at radius 2 is 2.20 bits per heavy atom. The molecule has 0 spiro atoms. The van der Waals surface area contributed by atoms with Gasteiger partial charge in [0.1, 0.15) is 11.6 Å². The lowest BCUT2D eigenvalue weighted by Gasteiger charge is -2.08. The van der Waals surface area contributed by atoms with Gasteiger partial charge in [-0.05, 0) is 18.2 Å². The van der Waals surface area contributed by atoms with E-state index in [4.69, 9.17) is 22.1 Å². The van der Waals surface area contributed by atoms with Crippen LogP contribution in [0.2, 0.25) is 5.02 Å². The molecule has 0 saturated heterocycles. The first-order valence-corrected chi connectivity index (χ1v) is 6.00. The highest BCUT2D eigenvalue weighted by atomic mass is 35.5. The molecule has 0 saturated carbocycles. The average Bonchev–Trinajstić information content (AvgIpc) is 2.41. The quantitative estimate of drug-likeness (QED) is 0.850. The van der Waals surface area contributed by atoms with Gasteiger partial charge < -0.3 is 15.8 Å². The second-order valence-corrected chi connectivity index (χ2v) is 4.35. The lowest BCUT2D eigenvalue weighted by molar-refractivity contribution is -0.118. The maximum absolute atomic E-state index is 13.4. The highest BCUT2D eigenvalue weighted by Crippen LogP contribution is 2.18. The number of carbonyl (C=O) groups excluding carboxylic acids is 1. The fourth-order valence-corrected chi connectivity index (χ4v) is 1.61. The average molecular weight is 296 g/mol. The molecule has 20 heavy (non-hydrogen) atoms. The SMILES string of the molecule is Nc1ccc(F)c(NC(=O)COc2cncc(Cl)c2)c1. The van der Waals surface area contributed by atoms with Crippen LogP contribution in [0.4, 0.5) is 15.8 Å². The molecule has 0 aliphatic heterocycles. The van der Waals surface area contributed by atoms with Crippen LogP contribution in [0.3, 0.4) is 0 Å². The Morgan fingerprint density at radius 1 is 1.40 bits per heavy atom. The monoisotopic (exact) mass is 295 g/mol. The van der Waals surface area contributed by atoms with Gasteiger partial charge in [0.15, 0.2) is 6.61 Å². The molecule has 0 aliphatic rings. The first kappa shape index (κ1) is 14.1. The summed E-state index contributed by atoms with van der Waals surface area (Å²) in [4.78, 5) is 15.4. The standard InChI is InChI=1S/C13H11ClFN3O2/c14-8-3-10(6-17-5-8)20-7-13(19)18-12-4-9(16)1-2-11(12)15/h1-6H,7,16H2,(H,18,19). The van der Waals surface area contributed by atoms with Gasteiger partial charge in [0.05, 0.1) is 16.9 Å². The second-order valence-electron chi connectivity index (χ2n) is 3.91. The molecule has 0 atom stereocenters.